The smallest absolute Gasteiger partial charge is 0.332 e. The number of fused-ring (bicyclic) bond motifs is 7. The maximum Gasteiger partial charge on any atom is 0.332 e. The molecular formula is C41H66O10. The van der Waals surface area contributed by atoms with E-state index in [9.17, 15) is 19.5 Å². The molecular weight excluding hydrogens is 652 g/mol. The Labute approximate surface area is 306 Å². The van der Waals surface area contributed by atoms with E-state index in [-0.39, 0.29) is 76.5 Å². The van der Waals surface area contributed by atoms with E-state index in [1.165, 1.54) is 5.57 Å². The van der Waals surface area contributed by atoms with Crippen molar-refractivity contribution in [2.45, 2.75) is 118 Å². The minimum absolute atomic E-state index is 0.0253. The SMILES string of the molecule is COCCOCC(COCCOC)OC(=O)CO[C@H]1CC[C@]2(C)[C@H]3C(=O)C=C4[C@@H]5C[C@@](C)(C(=O)O)CC[C@]5(C)CC[C@@]4(C)[C@]3(C)CC[C@H]2C1(C)C. The van der Waals surface area contributed by atoms with Crippen molar-refractivity contribution in [2.75, 3.05) is 60.5 Å². The van der Waals surface area contributed by atoms with E-state index in [2.05, 4.69) is 41.5 Å². The second kappa shape index (κ2) is 15.1. The first-order chi connectivity index (χ1) is 23.9. The van der Waals surface area contributed by atoms with Crippen LogP contribution in [0.2, 0.25) is 0 Å². The highest BCUT2D eigenvalue weighted by Gasteiger charge is 2.70. The van der Waals surface area contributed by atoms with E-state index < -0.39 is 23.5 Å². The van der Waals surface area contributed by atoms with Crippen LogP contribution in [0.3, 0.4) is 0 Å². The van der Waals surface area contributed by atoms with E-state index in [1.807, 2.05) is 13.0 Å². The average molecular weight is 719 g/mol. The van der Waals surface area contributed by atoms with Gasteiger partial charge in [0.1, 0.15) is 12.7 Å². The Hall–Kier alpha value is -1.85. The van der Waals surface area contributed by atoms with Crippen molar-refractivity contribution in [3.05, 3.63) is 11.6 Å². The predicted octanol–water partition coefficient (Wildman–Crippen LogP) is 6.67. The number of hydrogen-bond donors (Lipinski definition) is 1. The number of aliphatic carboxylic acids is 1. The fraction of sp³-hybridized carbons (Fsp3) is 0.878. The third-order valence-electron chi connectivity index (χ3n) is 15.2. The fourth-order valence-electron chi connectivity index (χ4n) is 11.9. The van der Waals surface area contributed by atoms with Gasteiger partial charge >= 0.3 is 11.9 Å². The molecule has 0 bridgehead atoms. The van der Waals surface area contributed by atoms with Crippen LogP contribution in [-0.2, 0) is 42.8 Å². The van der Waals surface area contributed by atoms with Crippen LogP contribution in [0.5, 0.6) is 0 Å². The molecule has 0 aromatic rings. The molecule has 5 rings (SSSR count). The zero-order valence-electron chi connectivity index (χ0n) is 32.9. The van der Waals surface area contributed by atoms with Gasteiger partial charge in [-0.1, -0.05) is 47.1 Å². The first-order valence-corrected chi connectivity index (χ1v) is 19.4. The Balaban J connectivity index is 1.30. The molecule has 4 fully saturated rings. The molecule has 0 saturated heterocycles. The molecule has 290 valence electrons. The van der Waals surface area contributed by atoms with E-state index in [1.54, 1.807) is 14.2 Å². The summed E-state index contributed by atoms with van der Waals surface area (Å²) in [5.41, 5.74) is -0.405. The number of hydrogen-bond acceptors (Lipinski definition) is 9. The van der Waals surface area contributed by atoms with Crippen LogP contribution in [0.25, 0.3) is 0 Å². The monoisotopic (exact) mass is 718 g/mol. The van der Waals surface area contributed by atoms with Crippen LogP contribution in [0, 0.1) is 50.2 Å². The summed E-state index contributed by atoms with van der Waals surface area (Å²) < 4.78 is 33.5. The Morgan fingerprint density at radius 2 is 1.47 bits per heavy atom. The lowest BCUT2D eigenvalue weighted by molar-refractivity contribution is -0.211. The normalized spacial score (nSPS) is 40.0. The number of methoxy groups -OCH3 is 2. The highest BCUT2D eigenvalue weighted by molar-refractivity contribution is 5.95. The molecule has 0 aromatic carbocycles. The van der Waals surface area contributed by atoms with Crippen molar-refractivity contribution in [2.24, 2.45) is 50.2 Å². The number of allylic oxidation sites excluding steroid dienone is 2. The predicted molar refractivity (Wildman–Crippen MR) is 192 cm³/mol. The largest absolute Gasteiger partial charge is 0.481 e. The number of carboxylic acid groups (broad SMARTS) is 1. The zero-order valence-corrected chi connectivity index (χ0v) is 32.9. The summed E-state index contributed by atoms with van der Waals surface area (Å²) >= 11 is 0. The number of rotatable bonds is 15. The lowest BCUT2D eigenvalue weighted by Gasteiger charge is -2.70. The van der Waals surface area contributed by atoms with Crippen molar-refractivity contribution >= 4 is 17.7 Å². The van der Waals surface area contributed by atoms with Crippen LogP contribution in [0.15, 0.2) is 11.6 Å². The molecule has 0 spiro atoms. The Kier molecular flexibility index (Phi) is 12.0. The van der Waals surface area contributed by atoms with Crippen molar-refractivity contribution in [1.29, 1.82) is 0 Å². The number of carboxylic acids is 1. The lowest BCUT2D eigenvalue weighted by atomic mass is 9.33. The third kappa shape index (κ3) is 7.22. The summed E-state index contributed by atoms with van der Waals surface area (Å²) in [5.74, 6) is -0.731. The summed E-state index contributed by atoms with van der Waals surface area (Å²) in [6.45, 7) is 17.8. The number of carbonyl (C=O) groups excluding carboxylic acids is 2. The van der Waals surface area contributed by atoms with E-state index in [0.29, 0.717) is 39.3 Å². The molecule has 0 radical (unpaired) electrons. The summed E-state index contributed by atoms with van der Waals surface area (Å²) in [6.07, 6.45) is 9.05. The van der Waals surface area contributed by atoms with Crippen molar-refractivity contribution in [3.8, 4) is 0 Å². The minimum atomic E-state index is -0.765. The van der Waals surface area contributed by atoms with E-state index >= 15 is 0 Å². The van der Waals surface area contributed by atoms with Gasteiger partial charge in [0.05, 0.1) is 51.2 Å². The summed E-state index contributed by atoms with van der Waals surface area (Å²) in [6, 6.07) is 0. The molecule has 0 aromatic heterocycles. The Morgan fingerprint density at radius 1 is 0.843 bits per heavy atom. The van der Waals surface area contributed by atoms with Crippen LogP contribution in [-0.4, -0.2) is 95.5 Å². The fourth-order valence-corrected chi connectivity index (χ4v) is 11.9. The number of esters is 1. The third-order valence-corrected chi connectivity index (χ3v) is 15.2. The molecule has 51 heavy (non-hydrogen) atoms. The van der Waals surface area contributed by atoms with Crippen LogP contribution >= 0.6 is 0 Å². The van der Waals surface area contributed by atoms with Gasteiger partial charge in [-0.05, 0) is 110 Å². The number of carbonyl (C=O) groups is 3. The second-order valence-electron chi connectivity index (χ2n) is 18.5. The first kappa shape index (κ1) is 40.3. The van der Waals surface area contributed by atoms with Gasteiger partial charge in [0, 0.05) is 20.1 Å². The Bertz CT molecular complexity index is 1320. The van der Waals surface area contributed by atoms with Crippen molar-refractivity contribution in [1.82, 2.24) is 0 Å². The molecule has 10 nitrogen and oxygen atoms in total. The summed E-state index contributed by atoms with van der Waals surface area (Å²) in [7, 11) is 3.21. The van der Waals surface area contributed by atoms with Crippen LogP contribution < -0.4 is 0 Å². The molecule has 0 aliphatic heterocycles. The lowest BCUT2D eigenvalue weighted by Crippen LogP contribution is -2.66. The average Bonchev–Trinajstić information content (AvgIpc) is 3.06. The standard InChI is InChI=1S/C41H66O10/c1-36(2)31-10-13-41(7)34(30(42)22-28-29-23-38(4,35(44)45)15-14-37(29,3)16-17-40(28,41)6)39(31,5)12-11-32(36)50-26-33(43)51-27(24-48-20-18-46-8)25-49-21-19-47-9/h22,27,29,31-32,34H,10-21,23-26H2,1-9H3,(H,44,45)/t29-,31-,32-,34+,37+,38-,39-,40+,41+/m0/s1. The van der Waals surface area contributed by atoms with E-state index in [0.717, 1.165) is 44.9 Å². The quantitative estimate of drug-likeness (QED) is 0.145. The second-order valence-corrected chi connectivity index (χ2v) is 18.5. The summed E-state index contributed by atoms with van der Waals surface area (Å²) in [5, 5.41) is 10.2. The van der Waals surface area contributed by atoms with Crippen LogP contribution in [0.4, 0.5) is 0 Å². The highest BCUT2D eigenvalue weighted by atomic mass is 16.6. The molecule has 10 heteroatoms. The number of ketones is 1. The molecule has 0 heterocycles. The van der Waals surface area contributed by atoms with Crippen molar-refractivity contribution < 1.29 is 47.9 Å². The maximum atomic E-state index is 14.7. The van der Waals surface area contributed by atoms with Gasteiger partial charge in [-0.15, -0.1) is 0 Å². The van der Waals surface area contributed by atoms with Gasteiger partial charge in [-0.25, -0.2) is 4.79 Å². The summed E-state index contributed by atoms with van der Waals surface area (Å²) in [4.78, 5) is 40.2. The Morgan fingerprint density at radius 3 is 2.08 bits per heavy atom. The van der Waals surface area contributed by atoms with Gasteiger partial charge in [-0.2, -0.15) is 0 Å². The van der Waals surface area contributed by atoms with Crippen LogP contribution in [0.1, 0.15) is 106 Å². The molecule has 5 aliphatic carbocycles. The van der Waals surface area contributed by atoms with Gasteiger partial charge in [0.25, 0.3) is 0 Å². The van der Waals surface area contributed by atoms with E-state index in [4.69, 9.17) is 28.4 Å². The molecule has 5 aliphatic rings. The molecule has 0 unspecified atom stereocenters. The topological polar surface area (TPSA) is 127 Å². The van der Waals surface area contributed by atoms with Gasteiger partial charge in [0.15, 0.2) is 5.78 Å². The highest BCUT2D eigenvalue weighted by Crippen LogP contribution is 2.75. The first-order valence-electron chi connectivity index (χ1n) is 19.4. The molecule has 4 saturated carbocycles. The van der Waals surface area contributed by atoms with Crippen molar-refractivity contribution in [3.63, 3.8) is 0 Å². The molecule has 0 amide bonds. The molecule has 9 atom stereocenters. The van der Waals surface area contributed by atoms with Gasteiger partial charge in [-0.3, -0.25) is 9.59 Å². The molecule has 1 N–H and O–H groups in total. The number of ether oxygens (including phenoxy) is 6. The maximum absolute atomic E-state index is 14.7. The zero-order chi connectivity index (χ0) is 37.5. The van der Waals surface area contributed by atoms with Gasteiger partial charge < -0.3 is 33.5 Å². The van der Waals surface area contributed by atoms with Gasteiger partial charge in [0.2, 0.25) is 0 Å². The minimum Gasteiger partial charge on any atom is -0.481 e.